The van der Waals surface area contributed by atoms with Gasteiger partial charge in [-0.1, -0.05) is 17.7 Å². The van der Waals surface area contributed by atoms with Crippen molar-refractivity contribution >= 4 is 39.8 Å². The van der Waals surface area contributed by atoms with Crippen molar-refractivity contribution in [3.63, 3.8) is 0 Å². The van der Waals surface area contributed by atoms with Crippen LogP contribution >= 0.6 is 11.3 Å². The number of ether oxygens (including phenoxy) is 1. The summed E-state index contributed by atoms with van der Waals surface area (Å²) in [5, 5.41) is 5.94. The van der Waals surface area contributed by atoms with Crippen LogP contribution in [0.15, 0.2) is 12.1 Å². The third-order valence-electron chi connectivity index (χ3n) is 4.46. The van der Waals surface area contributed by atoms with Gasteiger partial charge in [0.25, 0.3) is 5.91 Å². The van der Waals surface area contributed by atoms with Crippen molar-refractivity contribution in [1.29, 1.82) is 0 Å². The molecule has 1 aromatic heterocycles. The maximum Gasteiger partial charge on any atom is 0.342 e. The van der Waals surface area contributed by atoms with Crippen molar-refractivity contribution in [2.75, 3.05) is 10.6 Å². The first-order chi connectivity index (χ1) is 13.0. The Bertz CT molecular complexity index is 923. The van der Waals surface area contributed by atoms with Crippen LogP contribution in [-0.4, -0.2) is 23.9 Å². The fraction of sp³-hybridized carbons (Fsp3) is 0.381. The van der Waals surface area contributed by atoms with Crippen LogP contribution in [0.25, 0.3) is 0 Å². The molecule has 1 atom stereocenters. The van der Waals surface area contributed by atoms with Gasteiger partial charge in [-0.25, -0.2) is 4.79 Å². The van der Waals surface area contributed by atoms with Gasteiger partial charge in [-0.05, 0) is 58.2 Å². The molecule has 2 aromatic rings. The van der Waals surface area contributed by atoms with E-state index >= 15 is 0 Å². The highest BCUT2D eigenvalue weighted by molar-refractivity contribution is 7.16. The highest BCUT2D eigenvalue weighted by Crippen LogP contribution is 2.33. The van der Waals surface area contributed by atoms with Gasteiger partial charge in [-0.2, -0.15) is 0 Å². The molecular formula is C21H26N2O4S. The number of rotatable bonds is 5. The zero-order valence-electron chi connectivity index (χ0n) is 17.3. The molecule has 0 aliphatic carbocycles. The van der Waals surface area contributed by atoms with Gasteiger partial charge in [0, 0.05) is 17.5 Å². The molecular weight excluding hydrogens is 376 g/mol. The largest absolute Gasteiger partial charge is 0.449 e. The molecule has 28 heavy (non-hydrogen) atoms. The van der Waals surface area contributed by atoms with Crippen LogP contribution in [0.3, 0.4) is 0 Å². The number of hydrogen-bond acceptors (Lipinski definition) is 5. The van der Waals surface area contributed by atoms with Gasteiger partial charge in [0.2, 0.25) is 5.91 Å². The molecule has 0 bridgehead atoms. The summed E-state index contributed by atoms with van der Waals surface area (Å²) in [4.78, 5) is 37.6. The number of carbonyl (C=O) groups excluding carboxylic acids is 3. The Labute approximate surface area is 169 Å². The topological polar surface area (TPSA) is 84.5 Å². The lowest BCUT2D eigenvalue weighted by molar-refractivity contribution is -0.123. The molecule has 0 saturated carbocycles. The summed E-state index contributed by atoms with van der Waals surface area (Å²) in [6.07, 6.45) is -0.989. The number of thiophene rings is 1. The third kappa shape index (κ3) is 4.78. The van der Waals surface area contributed by atoms with Crippen LogP contribution in [-0.2, 0) is 14.3 Å². The van der Waals surface area contributed by atoms with Crippen molar-refractivity contribution < 1.29 is 19.1 Å². The van der Waals surface area contributed by atoms with E-state index in [0.717, 1.165) is 32.8 Å². The number of amides is 2. The Balaban J connectivity index is 2.17. The van der Waals surface area contributed by atoms with Gasteiger partial charge >= 0.3 is 5.97 Å². The second kappa shape index (κ2) is 8.56. The number of benzene rings is 1. The smallest absolute Gasteiger partial charge is 0.342 e. The van der Waals surface area contributed by atoms with Gasteiger partial charge in [-0.3, -0.25) is 9.59 Å². The molecule has 0 aliphatic rings. The van der Waals surface area contributed by atoms with Crippen LogP contribution < -0.4 is 10.6 Å². The zero-order chi connectivity index (χ0) is 21.2. The molecule has 0 radical (unpaired) electrons. The SMILES string of the molecule is CC(=O)Nc1sc(C)c(C)c1C(=O)O[C@@H](C)C(=O)Nc1c(C)cc(C)cc1C. The Kier molecular flexibility index (Phi) is 6.61. The minimum Gasteiger partial charge on any atom is -0.449 e. The summed E-state index contributed by atoms with van der Waals surface area (Å²) < 4.78 is 5.39. The van der Waals surface area contributed by atoms with Crippen molar-refractivity contribution in [2.24, 2.45) is 0 Å². The fourth-order valence-electron chi connectivity index (χ4n) is 3.00. The van der Waals surface area contributed by atoms with Crippen molar-refractivity contribution in [3.05, 3.63) is 44.8 Å². The molecule has 0 aliphatic heterocycles. The number of anilines is 2. The first-order valence-corrected chi connectivity index (χ1v) is 9.80. The zero-order valence-corrected chi connectivity index (χ0v) is 18.1. The summed E-state index contributed by atoms with van der Waals surface area (Å²) in [6.45, 7) is 12.4. The van der Waals surface area contributed by atoms with E-state index in [9.17, 15) is 14.4 Å². The number of hydrogen-bond donors (Lipinski definition) is 2. The van der Waals surface area contributed by atoms with Gasteiger partial charge < -0.3 is 15.4 Å². The quantitative estimate of drug-likeness (QED) is 0.725. The predicted molar refractivity (Wildman–Crippen MR) is 112 cm³/mol. The first-order valence-electron chi connectivity index (χ1n) is 8.98. The standard InChI is InChI=1S/C21H26N2O4S/c1-10-8-11(2)18(12(3)9-10)23-19(25)14(5)27-21(26)17-13(4)15(6)28-20(17)22-16(7)24/h8-9,14H,1-7H3,(H,22,24)(H,23,25)/t14-/m0/s1. The molecule has 150 valence electrons. The van der Waals surface area contributed by atoms with Gasteiger partial charge in [0.15, 0.2) is 6.10 Å². The second-order valence-corrected chi connectivity index (χ2v) is 8.20. The normalized spacial score (nSPS) is 11.7. The highest BCUT2D eigenvalue weighted by Gasteiger charge is 2.26. The molecule has 0 spiro atoms. The van der Waals surface area contributed by atoms with Gasteiger partial charge in [0.05, 0.1) is 5.56 Å². The van der Waals surface area contributed by atoms with Crippen LogP contribution in [0.4, 0.5) is 10.7 Å². The molecule has 2 N–H and O–H groups in total. The average Bonchev–Trinajstić information content (AvgIpc) is 2.83. The van der Waals surface area contributed by atoms with E-state index in [2.05, 4.69) is 10.6 Å². The van der Waals surface area contributed by atoms with Crippen molar-refractivity contribution in [2.45, 2.75) is 54.6 Å². The summed E-state index contributed by atoms with van der Waals surface area (Å²) in [5.41, 5.74) is 4.75. The molecule has 1 heterocycles. The Morgan fingerprint density at radius 1 is 1.00 bits per heavy atom. The minimum absolute atomic E-state index is 0.272. The first kappa shape index (κ1) is 21.6. The van der Waals surface area contributed by atoms with E-state index in [-0.39, 0.29) is 5.91 Å². The molecule has 2 amide bonds. The molecule has 2 rings (SSSR count). The molecule has 7 heteroatoms. The minimum atomic E-state index is -0.989. The van der Waals surface area contributed by atoms with E-state index in [1.165, 1.54) is 25.2 Å². The van der Waals surface area contributed by atoms with E-state index in [1.807, 2.05) is 39.8 Å². The van der Waals surface area contributed by atoms with Gasteiger partial charge in [0.1, 0.15) is 5.00 Å². The lowest BCUT2D eigenvalue weighted by atomic mass is 10.0. The Morgan fingerprint density at radius 2 is 1.57 bits per heavy atom. The highest BCUT2D eigenvalue weighted by atomic mass is 32.1. The third-order valence-corrected chi connectivity index (χ3v) is 5.58. The van der Waals surface area contributed by atoms with Crippen molar-refractivity contribution in [1.82, 2.24) is 0 Å². The molecule has 0 fully saturated rings. The van der Waals surface area contributed by atoms with E-state index < -0.39 is 18.0 Å². The maximum atomic E-state index is 12.7. The number of nitrogens with one attached hydrogen (secondary N) is 2. The number of carbonyl (C=O) groups is 3. The molecule has 1 aromatic carbocycles. The monoisotopic (exact) mass is 402 g/mol. The van der Waals surface area contributed by atoms with Crippen LogP contribution in [0.5, 0.6) is 0 Å². The summed E-state index contributed by atoms with van der Waals surface area (Å²) in [6, 6.07) is 3.97. The fourth-order valence-corrected chi connectivity index (χ4v) is 4.09. The number of esters is 1. The van der Waals surface area contributed by atoms with E-state index in [1.54, 1.807) is 6.92 Å². The van der Waals surface area contributed by atoms with Crippen LogP contribution in [0, 0.1) is 34.6 Å². The predicted octanol–water partition coefficient (Wildman–Crippen LogP) is 4.43. The van der Waals surface area contributed by atoms with Crippen LogP contribution in [0.2, 0.25) is 0 Å². The average molecular weight is 403 g/mol. The van der Waals surface area contributed by atoms with Gasteiger partial charge in [-0.15, -0.1) is 11.3 Å². The lowest BCUT2D eigenvalue weighted by Gasteiger charge is -2.17. The number of aryl methyl sites for hydroxylation is 4. The lowest BCUT2D eigenvalue weighted by Crippen LogP contribution is -2.30. The summed E-state index contributed by atoms with van der Waals surface area (Å²) in [5.74, 6) is -1.31. The Hall–Kier alpha value is -2.67. The van der Waals surface area contributed by atoms with E-state index in [0.29, 0.717) is 10.6 Å². The molecule has 6 nitrogen and oxygen atoms in total. The molecule has 0 saturated heterocycles. The molecule has 0 unspecified atom stereocenters. The maximum absolute atomic E-state index is 12.7. The summed E-state index contributed by atoms with van der Waals surface area (Å²) >= 11 is 1.31. The Morgan fingerprint density at radius 3 is 2.11 bits per heavy atom. The second-order valence-electron chi connectivity index (χ2n) is 6.98. The van der Waals surface area contributed by atoms with E-state index in [4.69, 9.17) is 4.74 Å². The van der Waals surface area contributed by atoms with Crippen LogP contribution in [0.1, 0.15) is 51.3 Å². The van der Waals surface area contributed by atoms with Crippen molar-refractivity contribution in [3.8, 4) is 0 Å². The summed E-state index contributed by atoms with van der Waals surface area (Å²) in [7, 11) is 0.